The Labute approximate surface area is 83.5 Å². The van der Waals surface area contributed by atoms with E-state index in [0.29, 0.717) is 10.8 Å². The minimum Gasteiger partial charge on any atom is -0.387 e. The van der Waals surface area contributed by atoms with Crippen LogP contribution in [0.5, 0.6) is 0 Å². The Hall–Kier alpha value is -1.22. The average Bonchev–Trinajstić information content (AvgIpc) is 2.19. The molecule has 1 rings (SSSR count). The van der Waals surface area contributed by atoms with E-state index >= 15 is 0 Å². The molecule has 0 spiro atoms. The Morgan fingerprint density at radius 2 is 2.00 bits per heavy atom. The highest BCUT2D eigenvalue weighted by Crippen LogP contribution is 2.02. The molecule has 3 heteroatoms. The van der Waals surface area contributed by atoms with E-state index in [1.165, 1.54) is 0 Å². The third-order valence-electron chi connectivity index (χ3n) is 1.63. The normalized spacial score (nSPS) is 11.3. The zero-order valence-electron chi connectivity index (χ0n) is 7.53. The van der Waals surface area contributed by atoms with Crippen LogP contribution in [0, 0.1) is 0 Å². The van der Waals surface area contributed by atoms with Crippen LogP contribution in [0.25, 0.3) is 0 Å². The first-order valence-electron chi connectivity index (χ1n) is 4.16. The van der Waals surface area contributed by atoms with E-state index in [4.69, 9.17) is 18.0 Å². The van der Waals surface area contributed by atoms with Crippen LogP contribution in [0.2, 0.25) is 0 Å². The highest BCUT2D eigenvalue weighted by Gasteiger charge is 1.97. The van der Waals surface area contributed by atoms with Crippen molar-refractivity contribution in [2.24, 2.45) is 10.7 Å². The number of amidine groups is 1. The lowest BCUT2D eigenvalue weighted by Crippen LogP contribution is -2.12. The summed E-state index contributed by atoms with van der Waals surface area (Å²) in [4.78, 5) is 4.65. The van der Waals surface area contributed by atoms with Gasteiger partial charge in [-0.2, -0.15) is 0 Å². The molecular formula is C10H12N2S. The lowest BCUT2D eigenvalue weighted by molar-refractivity contribution is 1.25. The molecule has 13 heavy (non-hydrogen) atoms. The van der Waals surface area contributed by atoms with Gasteiger partial charge in [0.2, 0.25) is 0 Å². The Bertz CT molecular complexity index is 317. The predicted molar refractivity (Wildman–Crippen MR) is 60.1 cm³/mol. The van der Waals surface area contributed by atoms with E-state index in [1.54, 1.807) is 0 Å². The standard InChI is InChI=1S/C10H12N2S/c1-2-9(11)12-10(13)8-6-4-3-5-7-8/h3-7H,2H2,1H3,(H2,11,12,13). The fourth-order valence-electron chi connectivity index (χ4n) is 0.855. The molecule has 0 heterocycles. The molecule has 0 fully saturated rings. The molecule has 2 N–H and O–H groups in total. The zero-order chi connectivity index (χ0) is 9.68. The van der Waals surface area contributed by atoms with Crippen LogP contribution >= 0.6 is 12.2 Å². The SMILES string of the molecule is CCC(N)=NC(=S)c1ccccc1. The molecule has 0 aromatic heterocycles. The Kier molecular flexibility index (Phi) is 3.58. The molecule has 0 saturated carbocycles. The number of hydrogen-bond acceptors (Lipinski definition) is 1. The van der Waals surface area contributed by atoms with Crippen molar-refractivity contribution < 1.29 is 0 Å². The van der Waals surface area contributed by atoms with E-state index in [2.05, 4.69) is 4.99 Å². The van der Waals surface area contributed by atoms with E-state index in [1.807, 2.05) is 37.3 Å². The van der Waals surface area contributed by atoms with Crippen molar-refractivity contribution >= 4 is 23.0 Å². The smallest absolute Gasteiger partial charge is 0.135 e. The molecule has 1 aromatic carbocycles. The summed E-state index contributed by atoms with van der Waals surface area (Å²) in [6.45, 7) is 1.95. The molecule has 0 unspecified atom stereocenters. The molecule has 2 nitrogen and oxygen atoms in total. The lowest BCUT2D eigenvalue weighted by atomic mass is 10.2. The summed E-state index contributed by atoms with van der Waals surface area (Å²) in [7, 11) is 0. The zero-order valence-corrected chi connectivity index (χ0v) is 8.34. The molecule has 0 aliphatic heterocycles. The van der Waals surface area contributed by atoms with E-state index in [9.17, 15) is 0 Å². The molecule has 1 aromatic rings. The topological polar surface area (TPSA) is 38.4 Å². The quantitative estimate of drug-likeness (QED) is 0.443. The van der Waals surface area contributed by atoms with Gasteiger partial charge in [-0.1, -0.05) is 49.5 Å². The molecule has 0 aliphatic rings. The summed E-state index contributed by atoms with van der Waals surface area (Å²) < 4.78 is 0. The van der Waals surface area contributed by atoms with Crippen LogP contribution in [-0.2, 0) is 0 Å². The predicted octanol–water partition coefficient (Wildman–Crippen LogP) is 2.13. The molecule has 0 radical (unpaired) electrons. The number of nitrogens with zero attached hydrogens (tertiary/aromatic N) is 1. The van der Waals surface area contributed by atoms with Crippen LogP contribution in [0.4, 0.5) is 0 Å². The molecule has 0 amide bonds. The first kappa shape index (κ1) is 9.86. The van der Waals surface area contributed by atoms with E-state index in [0.717, 1.165) is 12.0 Å². The van der Waals surface area contributed by atoms with Crippen LogP contribution in [0.3, 0.4) is 0 Å². The highest BCUT2D eigenvalue weighted by molar-refractivity contribution is 7.80. The number of aliphatic imine (C=N–C) groups is 1. The lowest BCUT2D eigenvalue weighted by Gasteiger charge is -1.98. The van der Waals surface area contributed by atoms with Crippen molar-refractivity contribution in [3.05, 3.63) is 35.9 Å². The highest BCUT2D eigenvalue weighted by atomic mass is 32.1. The van der Waals surface area contributed by atoms with Crippen molar-refractivity contribution in [1.29, 1.82) is 0 Å². The second-order valence-corrected chi connectivity index (χ2v) is 3.01. The monoisotopic (exact) mass is 192 g/mol. The second-order valence-electron chi connectivity index (χ2n) is 2.63. The second kappa shape index (κ2) is 4.72. The van der Waals surface area contributed by atoms with Crippen LogP contribution in [0.1, 0.15) is 18.9 Å². The maximum atomic E-state index is 5.57. The summed E-state index contributed by atoms with van der Waals surface area (Å²) in [5.41, 5.74) is 6.51. The van der Waals surface area contributed by atoms with Crippen molar-refractivity contribution in [2.45, 2.75) is 13.3 Å². The summed E-state index contributed by atoms with van der Waals surface area (Å²) in [6.07, 6.45) is 0.729. The Morgan fingerprint density at radius 3 is 2.54 bits per heavy atom. The maximum Gasteiger partial charge on any atom is 0.135 e. The van der Waals surface area contributed by atoms with Gasteiger partial charge < -0.3 is 5.73 Å². The van der Waals surface area contributed by atoms with Gasteiger partial charge in [-0.3, -0.25) is 0 Å². The average molecular weight is 192 g/mol. The van der Waals surface area contributed by atoms with Gasteiger partial charge >= 0.3 is 0 Å². The molecular weight excluding hydrogens is 180 g/mol. The summed E-state index contributed by atoms with van der Waals surface area (Å²) >= 11 is 5.10. The van der Waals surface area contributed by atoms with Crippen LogP contribution < -0.4 is 5.73 Å². The van der Waals surface area contributed by atoms with Gasteiger partial charge in [0.05, 0.1) is 0 Å². The molecule has 68 valence electrons. The Balaban J connectivity index is 2.81. The van der Waals surface area contributed by atoms with Crippen molar-refractivity contribution in [3.63, 3.8) is 0 Å². The van der Waals surface area contributed by atoms with Gasteiger partial charge in [0.25, 0.3) is 0 Å². The van der Waals surface area contributed by atoms with Crippen molar-refractivity contribution in [3.8, 4) is 0 Å². The van der Waals surface area contributed by atoms with Gasteiger partial charge in [0.1, 0.15) is 10.8 Å². The van der Waals surface area contributed by atoms with Gasteiger partial charge in [-0.05, 0) is 0 Å². The third kappa shape index (κ3) is 2.95. The first-order valence-corrected chi connectivity index (χ1v) is 4.57. The number of benzene rings is 1. The van der Waals surface area contributed by atoms with E-state index < -0.39 is 0 Å². The summed E-state index contributed by atoms with van der Waals surface area (Å²) in [5.74, 6) is 0.578. The molecule has 0 saturated heterocycles. The van der Waals surface area contributed by atoms with Gasteiger partial charge in [-0.25, -0.2) is 4.99 Å². The fourth-order valence-corrected chi connectivity index (χ4v) is 1.11. The van der Waals surface area contributed by atoms with Crippen molar-refractivity contribution in [1.82, 2.24) is 0 Å². The van der Waals surface area contributed by atoms with Gasteiger partial charge in [-0.15, -0.1) is 0 Å². The van der Waals surface area contributed by atoms with Gasteiger partial charge in [0.15, 0.2) is 0 Å². The van der Waals surface area contributed by atoms with Crippen molar-refractivity contribution in [2.75, 3.05) is 0 Å². The summed E-state index contributed by atoms with van der Waals surface area (Å²) in [6, 6.07) is 9.65. The largest absolute Gasteiger partial charge is 0.387 e. The number of nitrogens with two attached hydrogens (primary N) is 1. The van der Waals surface area contributed by atoms with Crippen LogP contribution in [-0.4, -0.2) is 10.8 Å². The number of hydrogen-bond donors (Lipinski definition) is 1. The molecule has 0 atom stereocenters. The maximum absolute atomic E-state index is 5.57. The van der Waals surface area contributed by atoms with Gasteiger partial charge in [0, 0.05) is 12.0 Å². The fraction of sp³-hybridized carbons (Fsp3) is 0.200. The van der Waals surface area contributed by atoms with E-state index in [-0.39, 0.29) is 0 Å². The van der Waals surface area contributed by atoms with Crippen LogP contribution in [0.15, 0.2) is 35.3 Å². The molecule has 0 aliphatic carbocycles. The Morgan fingerprint density at radius 1 is 1.38 bits per heavy atom. The summed E-state index contributed by atoms with van der Waals surface area (Å²) in [5, 5.41) is 0. The third-order valence-corrected chi connectivity index (χ3v) is 1.96. The minimum atomic E-state index is 0.556. The first-order chi connectivity index (χ1) is 6.24. The number of rotatable bonds is 2. The molecule has 0 bridgehead atoms. The number of thiocarbonyl (C=S) groups is 1. The minimum absolute atomic E-state index is 0.556.